The molecule has 1 aromatic heterocycles. The van der Waals surface area contributed by atoms with Crippen LogP contribution in [0.25, 0.3) is 11.0 Å². The Morgan fingerprint density at radius 2 is 1.85 bits per heavy atom. The number of hydrogen-bond acceptors (Lipinski definition) is 2. The number of rotatable bonds is 0. The second kappa shape index (κ2) is 3.04. The van der Waals surface area contributed by atoms with E-state index in [4.69, 9.17) is 18.0 Å². The number of terminal acetylenes is 1. The fraction of sp³-hybridized carbons (Fsp3) is 0. The lowest BCUT2D eigenvalue weighted by atomic mass is 10.2. The Morgan fingerprint density at radius 1 is 1.15 bits per heavy atom. The van der Waals surface area contributed by atoms with Gasteiger partial charge in [-0.3, -0.25) is 9.97 Å². The summed E-state index contributed by atoms with van der Waals surface area (Å²) in [5, 5.41) is 0.571. The van der Waals surface area contributed by atoms with Crippen LogP contribution in [0.1, 0.15) is 5.56 Å². The average Bonchev–Trinajstić information content (AvgIpc) is 2.19. The van der Waals surface area contributed by atoms with Crippen LogP contribution < -0.4 is 0 Å². The molecule has 0 spiro atoms. The smallest absolute Gasteiger partial charge is 0.109 e. The standard InChI is InChI=1S/C10H5ClN2/c1-2-7-3-4-8(11)10-9(7)12-5-6-13-10/h1,3-6H. The normalized spacial score (nSPS) is 9.85. The first-order valence-corrected chi connectivity index (χ1v) is 4.06. The topological polar surface area (TPSA) is 25.8 Å². The maximum absolute atomic E-state index is 5.91. The summed E-state index contributed by atoms with van der Waals surface area (Å²) in [5.41, 5.74) is 2.05. The van der Waals surface area contributed by atoms with Crippen molar-refractivity contribution in [2.24, 2.45) is 0 Å². The van der Waals surface area contributed by atoms with Gasteiger partial charge in [-0.1, -0.05) is 17.5 Å². The molecule has 0 unspecified atom stereocenters. The summed E-state index contributed by atoms with van der Waals surface area (Å²) in [6, 6.07) is 3.49. The number of aromatic nitrogens is 2. The third kappa shape index (κ3) is 1.24. The molecule has 2 rings (SSSR count). The van der Waals surface area contributed by atoms with Gasteiger partial charge in [0.05, 0.1) is 10.6 Å². The van der Waals surface area contributed by atoms with Gasteiger partial charge >= 0.3 is 0 Å². The van der Waals surface area contributed by atoms with Crippen molar-refractivity contribution in [1.29, 1.82) is 0 Å². The van der Waals surface area contributed by atoms with E-state index < -0.39 is 0 Å². The molecule has 1 heterocycles. The zero-order valence-electron chi connectivity index (χ0n) is 6.66. The predicted octanol–water partition coefficient (Wildman–Crippen LogP) is 2.26. The Balaban J connectivity index is 2.95. The predicted molar refractivity (Wildman–Crippen MR) is 52.5 cm³/mol. The van der Waals surface area contributed by atoms with Crippen LogP contribution in [-0.2, 0) is 0 Å². The van der Waals surface area contributed by atoms with Crippen LogP contribution in [0.3, 0.4) is 0 Å². The lowest BCUT2D eigenvalue weighted by molar-refractivity contribution is 1.29. The second-order valence-corrected chi connectivity index (χ2v) is 2.90. The van der Waals surface area contributed by atoms with Crippen LogP contribution in [0.5, 0.6) is 0 Å². The van der Waals surface area contributed by atoms with E-state index in [9.17, 15) is 0 Å². The minimum Gasteiger partial charge on any atom is -0.252 e. The van der Waals surface area contributed by atoms with Gasteiger partial charge in [0, 0.05) is 12.4 Å². The fourth-order valence-corrected chi connectivity index (χ4v) is 1.34. The van der Waals surface area contributed by atoms with Crippen LogP contribution in [0.15, 0.2) is 24.5 Å². The summed E-state index contributed by atoms with van der Waals surface area (Å²) in [4.78, 5) is 8.22. The third-order valence-electron chi connectivity index (χ3n) is 1.73. The largest absolute Gasteiger partial charge is 0.252 e. The molecule has 0 bridgehead atoms. The maximum atomic E-state index is 5.91. The summed E-state index contributed by atoms with van der Waals surface area (Å²) in [6.07, 6.45) is 8.49. The molecular weight excluding hydrogens is 184 g/mol. The molecule has 0 aliphatic rings. The summed E-state index contributed by atoms with van der Waals surface area (Å²) >= 11 is 5.91. The van der Waals surface area contributed by atoms with E-state index >= 15 is 0 Å². The molecule has 0 radical (unpaired) electrons. The summed E-state index contributed by atoms with van der Waals surface area (Å²) in [6.45, 7) is 0. The summed E-state index contributed by atoms with van der Waals surface area (Å²) in [5.74, 6) is 2.54. The van der Waals surface area contributed by atoms with Gasteiger partial charge in [0.2, 0.25) is 0 Å². The van der Waals surface area contributed by atoms with Crippen LogP contribution in [0.2, 0.25) is 5.02 Å². The molecule has 2 aromatic rings. The van der Waals surface area contributed by atoms with Crippen molar-refractivity contribution >= 4 is 22.6 Å². The highest BCUT2D eigenvalue weighted by Gasteiger charge is 2.03. The van der Waals surface area contributed by atoms with Gasteiger partial charge in [-0.05, 0) is 12.1 Å². The zero-order chi connectivity index (χ0) is 9.26. The molecule has 0 aliphatic carbocycles. The number of fused-ring (bicyclic) bond motifs is 1. The molecule has 13 heavy (non-hydrogen) atoms. The highest BCUT2D eigenvalue weighted by molar-refractivity contribution is 6.35. The highest BCUT2D eigenvalue weighted by atomic mass is 35.5. The number of hydrogen-bond donors (Lipinski definition) is 0. The minimum absolute atomic E-state index is 0.571. The molecule has 1 aromatic carbocycles. The lowest BCUT2D eigenvalue weighted by Gasteiger charge is -1.99. The maximum Gasteiger partial charge on any atom is 0.109 e. The third-order valence-corrected chi connectivity index (χ3v) is 2.04. The van der Waals surface area contributed by atoms with E-state index in [0.29, 0.717) is 21.6 Å². The second-order valence-electron chi connectivity index (χ2n) is 2.49. The van der Waals surface area contributed by atoms with Gasteiger partial charge in [0.25, 0.3) is 0 Å². The van der Waals surface area contributed by atoms with E-state index in [1.807, 2.05) is 0 Å². The van der Waals surface area contributed by atoms with E-state index in [0.717, 1.165) is 0 Å². The van der Waals surface area contributed by atoms with Gasteiger partial charge in [-0.25, -0.2) is 0 Å². The molecule has 0 amide bonds. The van der Waals surface area contributed by atoms with E-state index in [2.05, 4.69) is 15.9 Å². The Kier molecular flexibility index (Phi) is 1.88. The quantitative estimate of drug-likeness (QED) is 0.593. The zero-order valence-corrected chi connectivity index (χ0v) is 7.42. The fourth-order valence-electron chi connectivity index (χ4n) is 1.14. The van der Waals surface area contributed by atoms with Gasteiger partial charge < -0.3 is 0 Å². The van der Waals surface area contributed by atoms with Crippen molar-refractivity contribution in [3.05, 3.63) is 35.1 Å². The van der Waals surface area contributed by atoms with Crippen LogP contribution in [-0.4, -0.2) is 9.97 Å². The molecule has 0 saturated heterocycles. The van der Waals surface area contributed by atoms with Gasteiger partial charge in [-0.2, -0.15) is 0 Å². The van der Waals surface area contributed by atoms with Crippen molar-refractivity contribution < 1.29 is 0 Å². The van der Waals surface area contributed by atoms with Crippen molar-refractivity contribution in [3.8, 4) is 12.3 Å². The Labute approximate surface area is 80.6 Å². The average molecular weight is 189 g/mol. The van der Waals surface area contributed by atoms with Crippen molar-refractivity contribution in [2.75, 3.05) is 0 Å². The molecule has 0 atom stereocenters. The van der Waals surface area contributed by atoms with Gasteiger partial charge in [0.1, 0.15) is 11.0 Å². The number of benzene rings is 1. The van der Waals surface area contributed by atoms with E-state index in [1.165, 1.54) is 0 Å². The first-order valence-electron chi connectivity index (χ1n) is 3.69. The molecule has 0 aliphatic heterocycles. The minimum atomic E-state index is 0.571. The van der Waals surface area contributed by atoms with Crippen LogP contribution in [0.4, 0.5) is 0 Å². The molecule has 0 saturated carbocycles. The molecule has 3 heteroatoms. The highest BCUT2D eigenvalue weighted by Crippen LogP contribution is 2.21. The van der Waals surface area contributed by atoms with Gasteiger partial charge in [-0.15, -0.1) is 6.42 Å². The molecule has 2 nitrogen and oxygen atoms in total. The van der Waals surface area contributed by atoms with Crippen LogP contribution >= 0.6 is 11.6 Å². The lowest BCUT2D eigenvalue weighted by Crippen LogP contribution is -1.87. The number of halogens is 1. The first kappa shape index (κ1) is 8.03. The Bertz CT molecular complexity index is 500. The molecule has 0 fully saturated rings. The SMILES string of the molecule is C#Cc1ccc(Cl)c2nccnc12. The van der Waals surface area contributed by atoms with Gasteiger partial charge in [0.15, 0.2) is 0 Å². The van der Waals surface area contributed by atoms with Crippen LogP contribution in [0, 0.1) is 12.3 Å². The van der Waals surface area contributed by atoms with Crippen molar-refractivity contribution in [2.45, 2.75) is 0 Å². The molecular formula is C10H5ClN2. The van der Waals surface area contributed by atoms with E-state index in [-0.39, 0.29) is 0 Å². The van der Waals surface area contributed by atoms with E-state index in [1.54, 1.807) is 24.5 Å². The summed E-state index contributed by atoms with van der Waals surface area (Å²) in [7, 11) is 0. The Hall–Kier alpha value is -1.59. The van der Waals surface area contributed by atoms with Crippen molar-refractivity contribution in [1.82, 2.24) is 9.97 Å². The number of nitrogens with zero attached hydrogens (tertiary/aromatic N) is 2. The first-order chi connectivity index (χ1) is 6.33. The van der Waals surface area contributed by atoms with Crippen molar-refractivity contribution in [3.63, 3.8) is 0 Å². The monoisotopic (exact) mass is 188 g/mol. The molecule has 62 valence electrons. The molecule has 0 N–H and O–H groups in total. The Morgan fingerprint density at radius 3 is 2.54 bits per heavy atom. The summed E-state index contributed by atoms with van der Waals surface area (Å²) < 4.78 is 0.